The first-order chi connectivity index (χ1) is 10.2. The second-order valence-corrected chi connectivity index (χ2v) is 5.33. The largest absolute Gasteiger partial charge is 0.487 e. The van der Waals surface area contributed by atoms with Crippen LogP contribution < -0.4 is 9.47 Å². The van der Waals surface area contributed by atoms with E-state index in [1.54, 1.807) is 6.20 Å². The van der Waals surface area contributed by atoms with Gasteiger partial charge >= 0.3 is 0 Å². The van der Waals surface area contributed by atoms with Crippen LogP contribution in [0.4, 0.5) is 0 Å². The molecule has 0 N–H and O–H groups in total. The predicted octanol–water partition coefficient (Wildman–Crippen LogP) is 4.67. The van der Waals surface area contributed by atoms with Crippen molar-refractivity contribution in [1.82, 2.24) is 4.98 Å². The Morgan fingerprint density at radius 2 is 2.10 bits per heavy atom. The van der Waals surface area contributed by atoms with Crippen LogP contribution in [0, 0.1) is 6.92 Å². The lowest BCUT2D eigenvalue weighted by atomic mass is 10.2. The van der Waals surface area contributed by atoms with E-state index < -0.39 is 0 Å². The molecule has 0 fully saturated rings. The summed E-state index contributed by atoms with van der Waals surface area (Å²) in [5.74, 6) is 1.44. The fourth-order valence-electron chi connectivity index (χ4n) is 1.99. The number of hydrogen-bond donors (Lipinski definition) is 0. The molecule has 0 amide bonds. The molecule has 2 aromatic rings. The van der Waals surface area contributed by atoms with Gasteiger partial charge in [0.25, 0.3) is 0 Å². The molecule has 1 aromatic heterocycles. The van der Waals surface area contributed by atoms with E-state index in [2.05, 4.69) is 11.9 Å². The monoisotopic (exact) mass is 305 g/mol. The quantitative estimate of drug-likeness (QED) is 0.745. The van der Waals surface area contributed by atoms with Crippen molar-refractivity contribution in [3.8, 4) is 11.6 Å². The molecular formula is C17H20ClNO2. The third-order valence-electron chi connectivity index (χ3n) is 3.10. The zero-order valence-corrected chi connectivity index (χ0v) is 13.1. The van der Waals surface area contributed by atoms with Crippen molar-refractivity contribution >= 4 is 11.6 Å². The Hall–Kier alpha value is -1.74. The minimum atomic E-state index is -0.00224. The van der Waals surface area contributed by atoms with Crippen LogP contribution in [0.3, 0.4) is 0 Å². The van der Waals surface area contributed by atoms with Crippen LogP contribution in [-0.4, -0.2) is 17.7 Å². The number of benzene rings is 1. The van der Waals surface area contributed by atoms with E-state index in [-0.39, 0.29) is 6.10 Å². The molecule has 1 unspecified atom stereocenters. The lowest BCUT2D eigenvalue weighted by Gasteiger charge is -2.19. The summed E-state index contributed by atoms with van der Waals surface area (Å²) in [5.41, 5.74) is 1.01. The maximum absolute atomic E-state index is 6.03. The van der Waals surface area contributed by atoms with Gasteiger partial charge in [0, 0.05) is 17.3 Å². The maximum atomic E-state index is 6.03. The van der Waals surface area contributed by atoms with E-state index in [9.17, 15) is 0 Å². The lowest BCUT2D eigenvalue weighted by molar-refractivity contribution is 0.117. The number of aromatic nitrogens is 1. The van der Waals surface area contributed by atoms with Crippen LogP contribution in [0.2, 0.25) is 5.02 Å². The molecule has 112 valence electrons. The highest BCUT2D eigenvalue weighted by atomic mass is 35.5. The van der Waals surface area contributed by atoms with Crippen LogP contribution in [0.15, 0.2) is 42.6 Å². The average molecular weight is 306 g/mol. The van der Waals surface area contributed by atoms with Gasteiger partial charge in [0.15, 0.2) is 0 Å². The van der Waals surface area contributed by atoms with E-state index in [0.29, 0.717) is 12.5 Å². The van der Waals surface area contributed by atoms with E-state index in [1.807, 2.05) is 43.3 Å². The molecule has 0 aliphatic heterocycles. The summed E-state index contributed by atoms with van der Waals surface area (Å²) >= 11 is 6.03. The Kier molecular flexibility index (Phi) is 5.88. The van der Waals surface area contributed by atoms with Gasteiger partial charge in [-0.15, -0.1) is 0 Å². The molecule has 0 spiro atoms. The standard InChI is InChI=1S/C17H20ClNO2/c1-3-6-15(12-20-17-7-4-5-10-19-17)21-14-8-9-16(18)13(2)11-14/h4-5,7-11,15H,3,6,12H2,1-2H3. The van der Waals surface area contributed by atoms with Crippen LogP contribution in [-0.2, 0) is 0 Å². The summed E-state index contributed by atoms with van der Waals surface area (Å²) in [6.07, 6.45) is 3.67. The highest BCUT2D eigenvalue weighted by Gasteiger charge is 2.12. The number of rotatable bonds is 7. The molecule has 1 aromatic carbocycles. The first kappa shape index (κ1) is 15.6. The number of nitrogens with zero attached hydrogens (tertiary/aromatic N) is 1. The Labute approximate surface area is 130 Å². The lowest BCUT2D eigenvalue weighted by Crippen LogP contribution is -2.25. The SMILES string of the molecule is CCCC(COc1ccccn1)Oc1ccc(Cl)c(C)c1. The molecule has 4 heteroatoms. The summed E-state index contributed by atoms with van der Waals surface area (Å²) in [6, 6.07) is 11.3. The van der Waals surface area contributed by atoms with Crippen molar-refractivity contribution in [2.24, 2.45) is 0 Å². The molecule has 0 saturated carbocycles. The smallest absolute Gasteiger partial charge is 0.213 e. The molecule has 0 saturated heterocycles. The van der Waals surface area contributed by atoms with Crippen molar-refractivity contribution in [3.63, 3.8) is 0 Å². The predicted molar refractivity (Wildman–Crippen MR) is 85.2 cm³/mol. The first-order valence-corrected chi connectivity index (χ1v) is 7.53. The topological polar surface area (TPSA) is 31.4 Å². The number of halogens is 1. The number of pyridine rings is 1. The summed E-state index contributed by atoms with van der Waals surface area (Å²) in [5, 5.41) is 0.749. The van der Waals surface area contributed by atoms with Gasteiger partial charge in [-0.1, -0.05) is 31.0 Å². The third-order valence-corrected chi connectivity index (χ3v) is 3.52. The molecule has 3 nitrogen and oxygen atoms in total. The fourth-order valence-corrected chi connectivity index (χ4v) is 2.11. The summed E-state index contributed by atoms with van der Waals surface area (Å²) in [4.78, 5) is 4.15. The van der Waals surface area contributed by atoms with Gasteiger partial charge in [-0.05, 0) is 43.2 Å². The van der Waals surface area contributed by atoms with Gasteiger partial charge in [-0.25, -0.2) is 4.98 Å². The molecule has 2 rings (SSSR count). The second-order valence-electron chi connectivity index (χ2n) is 4.92. The summed E-state index contributed by atoms with van der Waals surface area (Å²) in [6.45, 7) is 4.57. The number of ether oxygens (including phenoxy) is 2. The van der Waals surface area contributed by atoms with Gasteiger partial charge in [0.1, 0.15) is 18.5 Å². The van der Waals surface area contributed by atoms with Gasteiger partial charge in [0.2, 0.25) is 5.88 Å². The highest BCUT2D eigenvalue weighted by molar-refractivity contribution is 6.31. The van der Waals surface area contributed by atoms with Gasteiger partial charge < -0.3 is 9.47 Å². The van der Waals surface area contributed by atoms with Crippen molar-refractivity contribution in [3.05, 3.63) is 53.2 Å². The van der Waals surface area contributed by atoms with E-state index in [0.717, 1.165) is 29.2 Å². The maximum Gasteiger partial charge on any atom is 0.213 e. The number of hydrogen-bond acceptors (Lipinski definition) is 3. The van der Waals surface area contributed by atoms with Crippen LogP contribution in [0.1, 0.15) is 25.3 Å². The minimum Gasteiger partial charge on any atom is -0.487 e. The zero-order chi connectivity index (χ0) is 15.1. The summed E-state index contributed by atoms with van der Waals surface area (Å²) in [7, 11) is 0. The Morgan fingerprint density at radius 3 is 2.76 bits per heavy atom. The van der Waals surface area contributed by atoms with Crippen molar-refractivity contribution in [2.75, 3.05) is 6.61 Å². The van der Waals surface area contributed by atoms with Gasteiger partial charge in [0.05, 0.1) is 0 Å². The Balaban J connectivity index is 1.96. The minimum absolute atomic E-state index is 0.00224. The summed E-state index contributed by atoms with van der Waals surface area (Å²) < 4.78 is 11.7. The van der Waals surface area contributed by atoms with E-state index >= 15 is 0 Å². The van der Waals surface area contributed by atoms with Crippen LogP contribution >= 0.6 is 11.6 Å². The Bertz CT molecular complexity index is 560. The zero-order valence-electron chi connectivity index (χ0n) is 12.4. The molecule has 0 aliphatic carbocycles. The molecule has 0 radical (unpaired) electrons. The second kappa shape index (κ2) is 7.89. The van der Waals surface area contributed by atoms with Crippen molar-refractivity contribution < 1.29 is 9.47 Å². The molecule has 1 heterocycles. The van der Waals surface area contributed by atoms with Crippen LogP contribution in [0.5, 0.6) is 11.6 Å². The number of aryl methyl sites for hydroxylation is 1. The third kappa shape index (κ3) is 4.94. The molecule has 0 bridgehead atoms. The Morgan fingerprint density at radius 1 is 1.24 bits per heavy atom. The average Bonchev–Trinajstić information content (AvgIpc) is 2.50. The normalized spacial score (nSPS) is 12.0. The van der Waals surface area contributed by atoms with Crippen LogP contribution in [0.25, 0.3) is 0 Å². The van der Waals surface area contributed by atoms with E-state index in [1.165, 1.54) is 0 Å². The molecular weight excluding hydrogens is 286 g/mol. The first-order valence-electron chi connectivity index (χ1n) is 7.15. The molecule has 0 aliphatic rings. The molecule has 1 atom stereocenters. The van der Waals surface area contributed by atoms with Gasteiger partial charge in [-0.3, -0.25) is 0 Å². The highest BCUT2D eigenvalue weighted by Crippen LogP contribution is 2.22. The van der Waals surface area contributed by atoms with Crippen molar-refractivity contribution in [1.29, 1.82) is 0 Å². The van der Waals surface area contributed by atoms with Gasteiger partial charge in [-0.2, -0.15) is 0 Å². The fraction of sp³-hybridized carbons (Fsp3) is 0.353. The molecule has 21 heavy (non-hydrogen) atoms. The van der Waals surface area contributed by atoms with E-state index in [4.69, 9.17) is 21.1 Å². The van der Waals surface area contributed by atoms with Crippen molar-refractivity contribution in [2.45, 2.75) is 32.8 Å².